The van der Waals surface area contributed by atoms with Gasteiger partial charge in [0.1, 0.15) is 28.6 Å². The number of ether oxygens (including phenoxy) is 4. The van der Waals surface area contributed by atoms with Gasteiger partial charge in [0.15, 0.2) is 0 Å². The van der Waals surface area contributed by atoms with Crippen molar-refractivity contribution >= 4 is 6.08 Å². The highest BCUT2D eigenvalue weighted by Crippen LogP contribution is 2.44. The third-order valence-electron chi connectivity index (χ3n) is 11.3. The molecule has 2 aliphatic rings. The summed E-state index contributed by atoms with van der Waals surface area (Å²) in [6, 6.07) is 34.9. The van der Waals surface area contributed by atoms with Gasteiger partial charge in [0.05, 0.1) is 48.2 Å². The summed E-state index contributed by atoms with van der Waals surface area (Å²) < 4.78 is 25.9. The zero-order chi connectivity index (χ0) is 42.4. The van der Waals surface area contributed by atoms with Crippen LogP contribution in [-0.2, 0) is 32.6 Å². The van der Waals surface area contributed by atoms with Crippen molar-refractivity contribution in [1.82, 2.24) is 29.7 Å². The second-order valence-electron chi connectivity index (χ2n) is 16.7. The van der Waals surface area contributed by atoms with Gasteiger partial charge >= 0.3 is 0 Å². The monoisotopic (exact) mass is 830 g/mol. The molecule has 10 heteroatoms. The molecule has 10 nitrogen and oxygen atoms in total. The van der Waals surface area contributed by atoms with Crippen LogP contribution in [0.4, 0.5) is 0 Å². The number of hydrogen-bond acceptors (Lipinski definition) is 10. The average molecular weight is 831 g/mol. The van der Waals surface area contributed by atoms with Crippen molar-refractivity contribution in [3.05, 3.63) is 173 Å². The summed E-state index contributed by atoms with van der Waals surface area (Å²) in [5.41, 5.74) is 7.22. The highest BCUT2D eigenvalue weighted by Gasteiger charge is 2.30. The van der Waals surface area contributed by atoms with Crippen LogP contribution in [0.1, 0.15) is 84.9 Å². The van der Waals surface area contributed by atoms with E-state index in [9.17, 15) is 0 Å². The molecule has 0 N–H and O–H groups in total. The van der Waals surface area contributed by atoms with Crippen molar-refractivity contribution in [3.63, 3.8) is 0 Å². The maximum Gasteiger partial charge on any atom is 0.133 e. The molecule has 320 valence electrons. The molecule has 0 aliphatic carbocycles. The Kier molecular flexibility index (Phi) is 14.5. The first-order chi connectivity index (χ1) is 30.4. The number of pyridine rings is 4. The van der Waals surface area contributed by atoms with Crippen molar-refractivity contribution in [3.8, 4) is 23.0 Å². The van der Waals surface area contributed by atoms with Gasteiger partial charge in [-0.1, -0.05) is 36.4 Å². The Morgan fingerprint density at radius 1 is 0.629 bits per heavy atom. The molecule has 6 heterocycles. The molecule has 62 heavy (non-hydrogen) atoms. The smallest absolute Gasteiger partial charge is 0.133 e. The molecule has 0 spiro atoms. The normalized spacial score (nSPS) is 15.1. The van der Waals surface area contributed by atoms with E-state index in [1.807, 2.05) is 73.3 Å². The molecule has 2 aromatic carbocycles. The topological polar surface area (TPSA) is 95.0 Å². The predicted molar refractivity (Wildman–Crippen MR) is 243 cm³/mol. The average Bonchev–Trinajstić information content (AvgIpc) is 3.29. The largest absolute Gasteiger partial charge is 0.493 e. The molecule has 0 bridgehead atoms. The van der Waals surface area contributed by atoms with Crippen LogP contribution in [0.15, 0.2) is 134 Å². The minimum Gasteiger partial charge on any atom is -0.493 e. The van der Waals surface area contributed by atoms with Gasteiger partial charge in [0.25, 0.3) is 0 Å². The minimum atomic E-state index is -0.342. The van der Waals surface area contributed by atoms with Gasteiger partial charge < -0.3 is 18.9 Å². The number of rotatable bonds is 21. The van der Waals surface area contributed by atoms with Crippen LogP contribution in [0.3, 0.4) is 0 Å². The number of benzene rings is 2. The van der Waals surface area contributed by atoms with E-state index in [0.29, 0.717) is 19.8 Å². The van der Waals surface area contributed by atoms with Gasteiger partial charge in [-0.05, 0) is 137 Å². The lowest BCUT2D eigenvalue weighted by molar-refractivity contribution is 0.157. The van der Waals surface area contributed by atoms with E-state index >= 15 is 0 Å². The van der Waals surface area contributed by atoms with Crippen LogP contribution in [0, 0.1) is 0 Å². The van der Waals surface area contributed by atoms with Gasteiger partial charge in [0.2, 0.25) is 0 Å². The van der Waals surface area contributed by atoms with Crippen LogP contribution in [-0.4, -0.2) is 68.2 Å². The maximum absolute atomic E-state index is 6.69. The highest BCUT2D eigenvalue weighted by molar-refractivity contribution is 5.69. The Morgan fingerprint density at radius 3 is 1.71 bits per heavy atom. The maximum atomic E-state index is 6.69. The van der Waals surface area contributed by atoms with E-state index in [-0.39, 0.29) is 11.5 Å². The third-order valence-corrected chi connectivity index (χ3v) is 11.3. The summed E-state index contributed by atoms with van der Waals surface area (Å²) in [5, 5.41) is 0. The lowest BCUT2D eigenvalue weighted by Crippen LogP contribution is -2.28. The second-order valence-corrected chi connectivity index (χ2v) is 16.7. The Labute approximate surface area is 366 Å². The quantitative estimate of drug-likeness (QED) is 0.0653. The van der Waals surface area contributed by atoms with Gasteiger partial charge in [0, 0.05) is 68.5 Å². The predicted octanol–water partition coefficient (Wildman–Crippen LogP) is 9.89. The lowest BCUT2D eigenvalue weighted by Gasteiger charge is -2.32. The van der Waals surface area contributed by atoms with E-state index in [1.54, 1.807) is 0 Å². The SMILES string of the molecule is CC1(C)C=Cc2c(ccc3c2OCC(c2ccc(OCCCCN(Cc4ccccn4)Cc4ccccn4)cc2OCCCCN(Cc2ccccn2)Cc2ccccn2)C3)O1. The molecule has 0 saturated heterocycles. The zero-order valence-electron chi connectivity index (χ0n) is 36.1. The molecular weight excluding hydrogens is 773 g/mol. The first-order valence-electron chi connectivity index (χ1n) is 22.0. The molecule has 8 rings (SSSR count). The molecule has 1 unspecified atom stereocenters. The fourth-order valence-corrected chi connectivity index (χ4v) is 8.14. The van der Waals surface area contributed by atoms with Crippen molar-refractivity contribution in [2.45, 2.75) is 83.6 Å². The second kappa shape index (κ2) is 21.1. The molecule has 4 aromatic heterocycles. The summed E-state index contributed by atoms with van der Waals surface area (Å²) in [5.74, 6) is 3.60. The molecule has 0 saturated carbocycles. The fraction of sp³-hybridized carbons (Fsp3) is 0.346. The molecule has 2 aliphatic heterocycles. The Balaban J connectivity index is 0.911. The Morgan fingerprint density at radius 2 is 1.18 bits per heavy atom. The molecule has 1 atom stereocenters. The standard InChI is InChI=1S/C52H58N6O4/c1-52(2)24-23-48-49(62-52)22-19-40-33-41(39-61-51(40)48)47-21-20-46(59-31-13-11-29-57(35-42-15-3-7-25-53-42)36-43-16-4-8-26-54-43)34-50(47)60-32-14-12-30-58(37-44-17-5-9-27-55-44)38-45-18-6-10-28-56-45/h3-10,15-28,34,41H,11-14,29-33,35-39H2,1-2H3. The minimum absolute atomic E-state index is 0.131. The van der Waals surface area contributed by atoms with Crippen molar-refractivity contribution in [1.29, 1.82) is 0 Å². The van der Waals surface area contributed by atoms with Crippen LogP contribution < -0.4 is 18.9 Å². The molecular formula is C52H58N6O4. The summed E-state index contributed by atoms with van der Waals surface area (Å²) >= 11 is 0. The molecule has 0 amide bonds. The van der Waals surface area contributed by atoms with Gasteiger partial charge in [-0.3, -0.25) is 29.7 Å². The number of aromatic nitrogens is 4. The van der Waals surface area contributed by atoms with Gasteiger partial charge in [-0.15, -0.1) is 0 Å². The number of hydrogen-bond donors (Lipinski definition) is 0. The van der Waals surface area contributed by atoms with Crippen LogP contribution in [0.2, 0.25) is 0 Å². The van der Waals surface area contributed by atoms with E-state index in [4.69, 9.17) is 18.9 Å². The highest BCUT2D eigenvalue weighted by atomic mass is 16.5. The van der Waals surface area contributed by atoms with Gasteiger partial charge in [-0.25, -0.2) is 0 Å². The molecule has 0 fully saturated rings. The number of fused-ring (bicyclic) bond motifs is 3. The fourth-order valence-electron chi connectivity index (χ4n) is 8.14. The molecule has 6 aromatic rings. The van der Waals surface area contributed by atoms with E-state index in [2.05, 4.69) is 110 Å². The summed E-state index contributed by atoms with van der Waals surface area (Å²) in [6.07, 6.45) is 16.3. The first-order valence-corrected chi connectivity index (χ1v) is 22.0. The van der Waals surface area contributed by atoms with Crippen LogP contribution in [0.5, 0.6) is 23.0 Å². The van der Waals surface area contributed by atoms with Gasteiger partial charge in [-0.2, -0.15) is 0 Å². The summed E-state index contributed by atoms with van der Waals surface area (Å²) in [6.45, 7) is 10.8. The Hall–Kier alpha value is -6.10. The first kappa shape index (κ1) is 42.6. The summed E-state index contributed by atoms with van der Waals surface area (Å²) in [4.78, 5) is 23.2. The van der Waals surface area contributed by atoms with Crippen LogP contribution >= 0.6 is 0 Å². The van der Waals surface area contributed by atoms with Crippen molar-refractivity contribution < 1.29 is 18.9 Å². The summed E-state index contributed by atoms with van der Waals surface area (Å²) in [7, 11) is 0. The lowest BCUT2D eigenvalue weighted by atomic mass is 9.88. The molecule has 0 radical (unpaired) electrons. The zero-order valence-corrected chi connectivity index (χ0v) is 36.1. The number of unbranched alkanes of at least 4 members (excludes halogenated alkanes) is 2. The van der Waals surface area contributed by atoms with E-state index in [1.165, 1.54) is 5.56 Å². The van der Waals surface area contributed by atoms with Crippen LogP contribution in [0.25, 0.3) is 6.08 Å². The van der Waals surface area contributed by atoms with E-state index in [0.717, 1.165) is 128 Å². The van der Waals surface area contributed by atoms with Crippen molar-refractivity contribution in [2.75, 3.05) is 32.9 Å². The van der Waals surface area contributed by atoms with E-state index < -0.39 is 0 Å². The third kappa shape index (κ3) is 12.0. The Bertz CT molecular complexity index is 2250. The van der Waals surface area contributed by atoms with Crippen molar-refractivity contribution in [2.24, 2.45) is 0 Å². The number of nitrogens with zero attached hydrogens (tertiary/aromatic N) is 6.